The van der Waals surface area contributed by atoms with E-state index in [1.54, 1.807) is 62.9 Å². The van der Waals surface area contributed by atoms with Crippen molar-refractivity contribution in [3.63, 3.8) is 0 Å². The number of nitrogens with zero attached hydrogens (tertiary/aromatic N) is 1. The summed E-state index contributed by atoms with van der Waals surface area (Å²) in [6, 6.07) is 17.6. The fraction of sp³-hybridized carbons (Fsp3) is 0.136. The molecule has 9 heteroatoms. The average Bonchev–Trinajstić information content (AvgIpc) is 2.82. The SMILES string of the molecule is COc1ccc(NCC(=O)NNC(=O)c2cccnc2Nc2ccccc2OC)cc1. The van der Waals surface area contributed by atoms with Crippen LogP contribution < -0.4 is 31.0 Å². The Morgan fingerprint density at radius 3 is 2.42 bits per heavy atom. The summed E-state index contributed by atoms with van der Waals surface area (Å²) < 4.78 is 10.4. The summed E-state index contributed by atoms with van der Waals surface area (Å²) in [5, 5.41) is 6.04. The first-order chi connectivity index (χ1) is 15.1. The summed E-state index contributed by atoms with van der Waals surface area (Å²) in [7, 11) is 3.14. The number of carbonyl (C=O) groups excluding carboxylic acids is 2. The van der Waals surface area contributed by atoms with Gasteiger partial charge in [-0.3, -0.25) is 20.4 Å². The fourth-order valence-electron chi connectivity index (χ4n) is 2.69. The van der Waals surface area contributed by atoms with Crippen LogP contribution in [0, 0.1) is 0 Å². The van der Waals surface area contributed by atoms with Crippen LogP contribution >= 0.6 is 0 Å². The molecule has 3 aromatic rings. The van der Waals surface area contributed by atoms with Crippen molar-refractivity contribution in [3.05, 3.63) is 72.4 Å². The molecule has 0 aliphatic rings. The number of carbonyl (C=O) groups is 2. The molecule has 160 valence electrons. The third-order valence-corrected chi connectivity index (χ3v) is 4.27. The number of anilines is 3. The van der Waals surface area contributed by atoms with Gasteiger partial charge >= 0.3 is 0 Å². The largest absolute Gasteiger partial charge is 0.497 e. The van der Waals surface area contributed by atoms with Crippen LogP contribution in [0.25, 0.3) is 0 Å². The van der Waals surface area contributed by atoms with Crippen LogP contribution in [0.1, 0.15) is 10.4 Å². The van der Waals surface area contributed by atoms with Gasteiger partial charge < -0.3 is 20.1 Å². The highest BCUT2D eigenvalue weighted by atomic mass is 16.5. The van der Waals surface area contributed by atoms with E-state index in [2.05, 4.69) is 26.5 Å². The maximum absolute atomic E-state index is 12.6. The smallest absolute Gasteiger partial charge is 0.273 e. The van der Waals surface area contributed by atoms with Gasteiger partial charge in [-0.2, -0.15) is 0 Å². The minimum absolute atomic E-state index is 0.0219. The highest BCUT2D eigenvalue weighted by Gasteiger charge is 2.14. The Morgan fingerprint density at radius 1 is 0.903 bits per heavy atom. The van der Waals surface area contributed by atoms with Gasteiger partial charge in [0, 0.05) is 11.9 Å². The van der Waals surface area contributed by atoms with Crippen molar-refractivity contribution in [1.82, 2.24) is 15.8 Å². The average molecular weight is 421 g/mol. The van der Waals surface area contributed by atoms with Crippen molar-refractivity contribution < 1.29 is 19.1 Å². The number of aromatic nitrogens is 1. The monoisotopic (exact) mass is 421 g/mol. The highest BCUT2D eigenvalue weighted by Crippen LogP contribution is 2.27. The van der Waals surface area contributed by atoms with Crippen LogP contribution in [0.4, 0.5) is 17.2 Å². The van der Waals surface area contributed by atoms with Gasteiger partial charge in [0.2, 0.25) is 0 Å². The van der Waals surface area contributed by atoms with E-state index in [9.17, 15) is 9.59 Å². The predicted molar refractivity (Wildman–Crippen MR) is 118 cm³/mol. The number of hydrazine groups is 1. The summed E-state index contributed by atoms with van der Waals surface area (Å²) in [6.45, 7) is -0.0219. The number of nitrogens with one attached hydrogen (secondary N) is 4. The van der Waals surface area contributed by atoms with Gasteiger partial charge in [-0.05, 0) is 48.5 Å². The molecule has 0 aliphatic carbocycles. The quantitative estimate of drug-likeness (QED) is 0.414. The second kappa shape index (κ2) is 10.5. The zero-order valence-corrected chi connectivity index (χ0v) is 17.1. The Kier molecular flexibility index (Phi) is 7.26. The third kappa shape index (κ3) is 5.86. The van der Waals surface area contributed by atoms with Gasteiger partial charge in [-0.1, -0.05) is 12.1 Å². The second-order valence-electron chi connectivity index (χ2n) is 6.31. The van der Waals surface area contributed by atoms with Crippen molar-refractivity contribution >= 4 is 29.0 Å². The van der Waals surface area contributed by atoms with E-state index < -0.39 is 11.8 Å². The summed E-state index contributed by atoms with van der Waals surface area (Å²) in [6.07, 6.45) is 1.56. The molecule has 4 N–H and O–H groups in total. The Hall–Kier alpha value is -4.27. The first-order valence-corrected chi connectivity index (χ1v) is 9.43. The van der Waals surface area contributed by atoms with Crippen molar-refractivity contribution in [3.8, 4) is 11.5 Å². The molecule has 0 unspecified atom stereocenters. The summed E-state index contributed by atoms with van der Waals surface area (Å²) in [5.41, 5.74) is 6.45. The number of pyridine rings is 1. The summed E-state index contributed by atoms with van der Waals surface area (Å²) >= 11 is 0. The van der Waals surface area contributed by atoms with Crippen LogP contribution in [0.5, 0.6) is 11.5 Å². The molecule has 3 rings (SSSR count). The van der Waals surface area contributed by atoms with Gasteiger partial charge in [0.15, 0.2) is 0 Å². The minimum Gasteiger partial charge on any atom is -0.497 e. The van der Waals surface area contributed by atoms with E-state index in [0.29, 0.717) is 17.3 Å². The van der Waals surface area contributed by atoms with E-state index in [0.717, 1.165) is 11.4 Å². The Balaban J connectivity index is 1.57. The predicted octanol–water partition coefficient (Wildman–Crippen LogP) is 2.72. The number of ether oxygens (including phenoxy) is 2. The molecule has 0 bridgehead atoms. The molecule has 0 saturated heterocycles. The standard InChI is InChI=1S/C22H23N5O4/c1-30-16-11-9-15(10-12-16)24-14-20(28)26-27-22(29)17-6-5-13-23-21(17)25-18-7-3-4-8-19(18)31-2/h3-13,24H,14H2,1-2H3,(H,23,25)(H,26,28)(H,27,29). The molecule has 0 atom stereocenters. The number of benzene rings is 2. The molecule has 2 amide bonds. The zero-order valence-electron chi connectivity index (χ0n) is 17.1. The Morgan fingerprint density at radius 2 is 1.68 bits per heavy atom. The van der Waals surface area contributed by atoms with Crippen molar-refractivity contribution in [2.75, 3.05) is 31.4 Å². The van der Waals surface area contributed by atoms with Gasteiger partial charge in [0.1, 0.15) is 17.3 Å². The minimum atomic E-state index is -0.511. The van der Waals surface area contributed by atoms with Gasteiger partial charge in [-0.15, -0.1) is 0 Å². The van der Waals surface area contributed by atoms with E-state index >= 15 is 0 Å². The number of amides is 2. The molecular weight excluding hydrogens is 398 g/mol. The summed E-state index contributed by atoms with van der Waals surface area (Å²) in [5.74, 6) is 0.736. The lowest BCUT2D eigenvalue weighted by Gasteiger charge is -2.14. The molecule has 0 aliphatic heterocycles. The van der Waals surface area contributed by atoms with E-state index in [1.807, 2.05) is 18.2 Å². The topological polar surface area (TPSA) is 114 Å². The van der Waals surface area contributed by atoms with Gasteiger partial charge in [0.25, 0.3) is 11.8 Å². The lowest BCUT2D eigenvalue weighted by molar-refractivity contribution is -0.120. The second-order valence-corrected chi connectivity index (χ2v) is 6.31. The number of hydrogen-bond donors (Lipinski definition) is 4. The number of methoxy groups -OCH3 is 2. The van der Waals surface area contributed by atoms with Crippen LogP contribution in [-0.2, 0) is 4.79 Å². The van der Waals surface area contributed by atoms with Gasteiger partial charge in [0.05, 0.1) is 32.0 Å². The lowest BCUT2D eigenvalue weighted by Crippen LogP contribution is -2.44. The molecule has 0 fully saturated rings. The van der Waals surface area contributed by atoms with Crippen LogP contribution in [0.3, 0.4) is 0 Å². The van der Waals surface area contributed by atoms with Crippen molar-refractivity contribution in [2.24, 2.45) is 0 Å². The van der Waals surface area contributed by atoms with Gasteiger partial charge in [-0.25, -0.2) is 4.98 Å². The van der Waals surface area contributed by atoms with Crippen LogP contribution in [0.15, 0.2) is 66.9 Å². The lowest BCUT2D eigenvalue weighted by atomic mass is 10.2. The normalized spacial score (nSPS) is 10.0. The maximum Gasteiger partial charge on any atom is 0.273 e. The Bertz CT molecular complexity index is 1040. The maximum atomic E-state index is 12.6. The zero-order chi connectivity index (χ0) is 22.1. The number of rotatable bonds is 8. The Labute approximate surface area is 179 Å². The molecule has 0 saturated carbocycles. The fourth-order valence-corrected chi connectivity index (χ4v) is 2.69. The molecular formula is C22H23N5O4. The molecule has 0 spiro atoms. The molecule has 2 aromatic carbocycles. The van der Waals surface area contributed by atoms with E-state index in [4.69, 9.17) is 9.47 Å². The highest BCUT2D eigenvalue weighted by molar-refractivity contribution is 6.00. The molecule has 1 aromatic heterocycles. The molecule has 31 heavy (non-hydrogen) atoms. The summed E-state index contributed by atoms with van der Waals surface area (Å²) in [4.78, 5) is 28.9. The molecule has 9 nitrogen and oxygen atoms in total. The van der Waals surface area contributed by atoms with Crippen LogP contribution in [0.2, 0.25) is 0 Å². The molecule has 1 heterocycles. The molecule has 0 radical (unpaired) electrons. The first kappa shape index (κ1) is 21.4. The third-order valence-electron chi connectivity index (χ3n) is 4.27. The number of hydrogen-bond acceptors (Lipinski definition) is 7. The first-order valence-electron chi connectivity index (χ1n) is 9.43. The van der Waals surface area contributed by atoms with Crippen molar-refractivity contribution in [2.45, 2.75) is 0 Å². The van der Waals surface area contributed by atoms with E-state index in [1.165, 1.54) is 0 Å². The van der Waals surface area contributed by atoms with Crippen molar-refractivity contribution in [1.29, 1.82) is 0 Å². The number of para-hydroxylation sites is 2. The van der Waals surface area contributed by atoms with Crippen LogP contribution in [-0.4, -0.2) is 37.6 Å². The van der Waals surface area contributed by atoms with E-state index in [-0.39, 0.29) is 12.1 Å².